The van der Waals surface area contributed by atoms with Gasteiger partial charge in [-0.1, -0.05) is 23.7 Å². The molecule has 1 N–H and O–H groups in total. The van der Waals surface area contributed by atoms with E-state index in [9.17, 15) is 13.2 Å². The van der Waals surface area contributed by atoms with E-state index in [1.165, 1.54) is 17.9 Å². The Morgan fingerprint density at radius 1 is 1.07 bits per heavy atom. The second-order valence-electron chi connectivity index (χ2n) is 6.77. The molecule has 3 rings (SSSR count). The Morgan fingerprint density at radius 2 is 1.73 bits per heavy atom. The molecule has 0 spiro atoms. The van der Waals surface area contributed by atoms with E-state index in [-0.39, 0.29) is 29.3 Å². The summed E-state index contributed by atoms with van der Waals surface area (Å²) in [7, 11) is -2.40. The van der Waals surface area contributed by atoms with Crippen molar-refractivity contribution < 1.29 is 13.2 Å². The van der Waals surface area contributed by atoms with Crippen LogP contribution in [0.3, 0.4) is 0 Å². The fourth-order valence-corrected chi connectivity index (χ4v) is 4.26. The average molecular weight is 448 g/mol. The maximum absolute atomic E-state index is 12.8. The van der Waals surface area contributed by atoms with Crippen molar-refractivity contribution in [2.45, 2.75) is 25.3 Å². The molecule has 9 heteroatoms. The second-order valence-corrected chi connectivity index (χ2v) is 8.94. The Bertz CT molecular complexity index is 1220. The van der Waals surface area contributed by atoms with Gasteiger partial charge in [0.05, 0.1) is 19.3 Å². The molecule has 0 atom stereocenters. The number of ether oxygens (including phenoxy) is 1. The van der Waals surface area contributed by atoms with Crippen molar-refractivity contribution in [3.63, 3.8) is 0 Å². The smallest absolute Gasteiger partial charge is 0.266 e. The fraction of sp³-hybridized carbons (Fsp3) is 0.238. The molecule has 1 aromatic heterocycles. The summed E-state index contributed by atoms with van der Waals surface area (Å²) in [6.07, 6.45) is 0. The number of hydrogen-bond donors (Lipinski definition) is 1. The van der Waals surface area contributed by atoms with Crippen LogP contribution >= 0.6 is 11.6 Å². The molecule has 0 radical (unpaired) electrons. The van der Waals surface area contributed by atoms with Crippen LogP contribution in [0.2, 0.25) is 5.02 Å². The van der Waals surface area contributed by atoms with Gasteiger partial charge in [0.2, 0.25) is 10.0 Å². The molecule has 0 saturated carbocycles. The molecule has 0 aliphatic carbocycles. The molecule has 0 aliphatic heterocycles. The van der Waals surface area contributed by atoms with E-state index in [0.29, 0.717) is 10.7 Å². The first kappa shape index (κ1) is 22.0. The molecular weight excluding hydrogens is 426 g/mol. The fourth-order valence-electron chi connectivity index (χ4n) is 2.88. The number of methoxy groups -OCH3 is 1. The van der Waals surface area contributed by atoms with Crippen molar-refractivity contribution in [3.05, 3.63) is 75.0 Å². The van der Waals surface area contributed by atoms with Gasteiger partial charge in [0, 0.05) is 23.2 Å². The largest absolute Gasteiger partial charge is 0.495 e. The number of nitrogens with zero attached hydrogens (tertiary/aromatic N) is 2. The SMILES string of the molecule is COc1cc(C)c(C)cc1S(=O)(=O)NCCn1nc(-c2ccc(Cl)cc2)ccc1=O. The molecule has 30 heavy (non-hydrogen) atoms. The minimum absolute atomic E-state index is 0.00457. The highest BCUT2D eigenvalue weighted by Gasteiger charge is 2.20. The van der Waals surface area contributed by atoms with Crippen molar-refractivity contribution in [2.75, 3.05) is 13.7 Å². The maximum Gasteiger partial charge on any atom is 0.266 e. The molecular formula is C21H22ClN3O4S. The summed E-state index contributed by atoms with van der Waals surface area (Å²) in [6.45, 7) is 3.79. The minimum Gasteiger partial charge on any atom is -0.495 e. The Balaban J connectivity index is 1.78. The van der Waals surface area contributed by atoms with Gasteiger partial charge in [0.15, 0.2) is 0 Å². The van der Waals surface area contributed by atoms with Gasteiger partial charge in [-0.2, -0.15) is 5.10 Å². The molecule has 1 heterocycles. The molecule has 0 amide bonds. The number of aromatic nitrogens is 2. The molecule has 7 nitrogen and oxygen atoms in total. The van der Waals surface area contributed by atoms with Gasteiger partial charge >= 0.3 is 0 Å². The van der Waals surface area contributed by atoms with E-state index in [1.807, 2.05) is 13.8 Å². The van der Waals surface area contributed by atoms with Crippen LogP contribution in [-0.4, -0.2) is 31.9 Å². The van der Waals surface area contributed by atoms with Crippen molar-refractivity contribution in [2.24, 2.45) is 0 Å². The summed E-state index contributed by atoms with van der Waals surface area (Å²) in [5, 5.41) is 4.93. The minimum atomic E-state index is -3.83. The number of rotatable bonds is 7. The van der Waals surface area contributed by atoms with Crippen molar-refractivity contribution in [1.29, 1.82) is 0 Å². The zero-order chi connectivity index (χ0) is 21.9. The zero-order valence-corrected chi connectivity index (χ0v) is 18.4. The third kappa shape index (κ3) is 4.89. The van der Waals surface area contributed by atoms with Crippen molar-refractivity contribution in [3.8, 4) is 17.0 Å². The van der Waals surface area contributed by atoms with Gasteiger partial charge < -0.3 is 4.74 Å². The highest BCUT2D eigenvalue weighted by Crippen LogP contribution is 2.27. The van der Waals surface area contributed by atoms with Crippen LogP contribution in [0.15, 0.2) is 58.2 Å². The predicted octanol–water partition coefficient (Wildman–Crippen LogP) is 3.17. The van der Waals surface area contributed by atoms with Gasteiger partial charge in [-0.25, -0.2) is 17.8 Å². The number of halogens is 1. The molecule has 0 aliphatic rings. The summed E-state index contributed by atoms with van der Waals surface area (Å²) in [4.78, 5) is 12.2. The molecule has 0 bridgehead atoms. The van der Waals surface area contributed by atoms with Crippen LogP contribution in [-0.2, 0) is 16.6 Å². The van der Waals surface area contributed by atoms with Gasteiger partial charge in [0.25, 0.3) is 5.56 Å². The number of sulfonamides is 1. The van der Waals surface area contributed by atoms with Gasteiger partial charge in [-0.3, -0.25) is 4.79 Å². The Hall–Kier alpha value is -2.68. The predicted molar refractivity (Wildman–Crippen MR) is 117 cm³/mol. The van der Waals surface area contributed by atoms with Crippen LogP contribution < -0.4 is 15.0 Å². The Morgan fingerprint density at radius 3 is 2.40 bits per heavy atom. The molecule has 2 aromatic carbocycles. The van der Waals surface area contributed by atoms with Crippen LogP contribution in [0.4, 0.5) is 0 Å². The molecule has 0 fully saturated rings. The lowest BCUT2D eigenvalue weighted by atomic mass is 10.1. The molecule has 0 saturated heterocycles. The third-order valence-electron chi connectivity index (χ3n) is 4.69. The van der Waals surface area contributed by atoms with E-state index in [4.69, 9.17) is 16.3 Å². The van der Waals surface area contributed by atoms with E-state index < -0.39 is 10.0 Å². The lowest BCUT2D eigenvalue weighted by molar-refractivity contribution is 0.401. The molecule has 158 valence electrons. The second kappa shape index (κ2) is 8.99. The van der Waals surface area contributed by atoms with Crippen LogP contribution in [0.5, 0.6) is 5.75 Å². The number of nitrogens with one attached hydrogen (secondary N) is 1. The van der Waals surface area contributed by atoms with Gasteiger partial charge in [0.1, 0.15) is 10.6 Å². The number of benzene rings is 2. The van der Waals surface area contributed by atoms with Crippen LogP contribution in [0.25, 0.3) is 11.3 Å². The van der Waals surface area contributed by atoms with E-state index in [0.717, 1.165) is 16.7 Å². The maximum atomic E-state index is 12.8. The lowest BCUT2D eigenvalue weighted by Crippen LogP contribution is -2.32. The zero-order valence-electron chi connectivity index (χ0n) is 16.8. The highest BCUT2D eigenvalue weighted by atomic mass is 35.5. The van der Waals surface area contributed by atoms with Crippen molar-refractivity contribution in [1.82, 2.24) is 14.5 Å². The molecule has 0 unspecified atom stereocenters. The third-order valence-corrected chi connectivity index (χ3v) is 6.43. The summed E-state index contributed by atoms with van der Waals surface area (Å²) in [5.74, 6) is 0.269. The molecule has 3 aromatic rings. The van der Waals surface area contributed by atoms with E-state index in [1.54, 1.807) is 42.5 Å². The summed E-state index contributed by atoms with van der Waals surface area (Å²) < 4.78 is 34.5. The summed E-state index contributed by atoms with van der Waals surface area (Å²) >= 11 is 5.91. The van der Waals surface area contributed by atoms with E-state index >= 15 is 0 Å². The quantitative estimate of drug-likeness (QED) is 0.600. The first-order valence-electron chi connectivity index (χ1n) is 9.20. The summed E-state index contributed by atoms with van der Waals surface area (Å²) in [6, 6.07) is 13.3. The monoisotopic (exact) mass is 447 g/mol. The lowest BCUT2D eigenvalue weighted by Gasteiger charge is -2.13. The highest BCUT2D eigenvalue weighted by molar-refractivity contribution is 7.89. The number of hydrogen-bond acceptors (Lipinski definition) is 5. The first-order valence-corrected chi connectivity index (χ1v) is 11.1. The standard InChI is InChI=1S/C21H22ClN3O4S/c1-14-12-19(29-3)20(13-15(14)2)30(27,28)23-10-11-25-21(26)9-8-18(24-25)16-4-6-17(22)7-5-16/h4-9,12-13,23H,10-11H2,1-3H3. The summed E-state index contributed by atoms with van der Waals surface area (Å²) in [5.41, 5.74) is 2.83. The van der Waals surface area contributed by atoms with Crippen LogP contribution in [0.1, 0.15) is 11.1 Å². The van der Waals surface area contributed by atoms with Crippen LogP contribution in [0, 0.1) is 13.8 Å². The van der Waals surface area contributed by atoms with E-state index in [2.05, 4.69) is 9.82 Å². The number of aryl methyl sites for hydroxylation is 2. The van der Waals surface area contributed by atoms with Crippen molar-refractivity contribution >= 4 is 21.6 Å². The van der Waals surface area contributed by atoms with Gasteiger partial charge in [-0.05, 0) is 55.3 Å². The Labute approximate surface area is 180 Å². The normalized spacial score (nSPS) is 11.5. The Kier molecular flexibility index (Phi) is 6.60. The average Bonchev–Trinajstić information content (AvgIpc) is 2.71. The first-order chi connectivity index (χ1) is 14.2. The van der Waals surface area contributed by atoms with Gasteiger partial charge in [-0.15, -0.1) is 0 Å². The topological polar surface area (TPSA) is 90.3 Å².